The Labute approximate surface area is 121 Å². The molecule has 0 radical (unpaired) electrons. The van der Waals surface area contributed by atoms with Crippen LogP contribution in [0.25, 0.3) is 10.1 Å². The number of carbonyl (C=O) groups is 1. The summed E-state index contributed by atoms with van der Waals surface area (Å²) in [4.78, 5) is 14.1. The van der Waals surface area contributed by atoms with E-state index in [9.17, 15) is 4.79 Å². The molecule has 0 saturated heterocycles. The molecule has 90 valence electrons. The van der Waals surface area contributed by atoms with Gasteiger partial charge in [0.05, 0.1) is 4.88 Å². The average molecular weight is 337 g/mol. The maximum absolute atomic E-state index is 12.2. The van der Waals surface area contributed by atoms with Crippen molar-refractivity contribution in [1.29, 1.82) is 0 Å². The highest BCUT2D eigenvalue weighted by molar-refractivity contribution is 9.10. The SMILES string of the molecule is O=C(Cc1cc(Br)cs1)c1cc2ccccc2s1. The summed E-state index contributed by atoms with van der Waals surface area (Å²) in [5.74, 6) is 0.200. The summed E-state index contributed by atoms with van der Waals surface area (Å²) in [6.45, 7) is 0. The van der Waals surface area contributed by atoms with Crippen molar-refractivity contribution in [2.75, 3.05) is 0 Å². The Morgan fingerprint density at radius 3 is 2.78 bits per heavy atom. The molecule has 0 unspecified atom stereocenters. The predicted octanol–water partition coefficient (Wildman–Crippen LogP) is 5.15. The Hall–Kier alpha value is -0.970. The second-order valence-corrected chi connectivity index (χ2v) is 6.97. The Morgan fingerprint density at radius 1 is 1.22 bits per heavy atom. The summed E-state index contributed by atoms with van der Waals surface area (Å²) >= 11 is 6.60. The van der Waals surface area contributed by atoms with E-state index in [0.717, 1.165) is 19.6 Å². The van der Waals surface area contributed by atoms with Crippen molar-refractivity contribution in [3.63, 3.8) is 0 Å². The van der Waals surface area contributed by atoms with E-state index in [4.69, 9.17) is 0 Å². The van der Waals surface area contributed by atoms with Crippen LogP contribution in [0, 0.1) is 0 Å². The van der Waals surface area contributed by atoms with Gasteiger partial charge in [0.25, 0.3) is 0 Å². The van der Waals surface area contributed by atoms with Crippen LogP contribution in [0.1, 0.15) is 14.5 Å². The van der Waals surface area contributed by atoms with Crippen molar-refractivity contribution in [2.45, 2.75) is 6.42 Å². The highest BCUT2D eigenvalue weighted by Gasteiger charge is 2.12. The highest BCUT2D eigenvalue weighted by Crippen LogP contribution is 2.27. The summed E-state index contributed by atoms with van der Waals surface area (Å²) in [5.41, 5.74) is 0. The van der Waals surface area contributed by atoms with Crippen molar-refractivity contribution >= 4 is 54.5 Å². The highest BCUT2D eigenvalue weighted by atomic mass is 79.9. The maximum atomic E-state index is 12.2. The number of ketones is 1. The number of fused-ring (bicyclic) bond motifs is 1. The van der Waals surface area contributed by atoms with Gasteiger partial charge in [0.2, 0.25) is 0 Å². The molecule has 0 aliphatic rings. The van der Waals surface area contributed by atoms with Gasteiger partial charge in [0.1, 0.15) is 0 Å². The maximum Gasteiger partial charge on any atom is 0.178 e. The minimum Gasteiger partial charge on any atom is -0.293 e. The van der Waals surface area contributed by atoms with Gasteiger partial charge in [0.15, 0.2) is 5.78 Å². The predicted molar refractivity (Wildman–Crippen MR) is 81.9 cm³/mol. The third-order valence-corrected chi connectivity index (χ3v) is 5.51. The molecule has 0 N–H and O–H groups in total. The summed E-state index contributed by atoms with van der Waals surface area (Å²) in [7, 11) is 0. The molecule has 3 aromatic rings. The fourth-order valence-electron chi connectivity index (χ4n) is 1.81. The number of benzene rings is 1. The first kappa shape index (κ1) is 12.1. The quantitative estimate of drug-likeness (QED) is 0.604. The number of Topliss-reactive ketones (excluding diaryl/α,β-unsaturated/α-hetero) is 1. The summed E-state index contributed by atoms with van der Waals surface area (Å²) in [5, 5.41) is 3.16. The molecule has 2 heterocycles. The Morgan fingerprint density at radius 2 is 2.06 bits per heavy atom. The van der Waals surface area contributed by atoms with Crippen molar-refractivity contribution < 1.29 is 4.79 Å². The average Bonchev–Trinajstić information content (AvgIpc) is 2.95. The van der Waals surface area contributed by atoms with Gasteiger partial charge in [-0.2, -0.15) is 0 Å². The van der Waals surface area contributed by atoms with Gasteiger partial charge in [-0.25, -0.2) is 0 Å². The molecule has 3 rings (SSSR count). The Bertz CT molecular complexity index is 678. The van der Waals surface area contributed by atoms with Gasteiger partial charge >= 0.3 is 0 Å². The standard InChI is InChI=1S/C14H9BrOS2/c15-10-6-11(17-8-10)7-12(16)14-5-9-3-1-2-4-13(9)18-14/h1-6,8H,7H2. The van der Waals surface area contributed by atoms with E-state index in [-0.39, 0.29) is 5.78 Å². The first-order valence-corrected chi connectivity index (χ1v) is 7.96. The van der Waals surface area contributed by atoms with Crippen LogP contribution in [-0.4, -0.2) is 5.78 Å². The van der Waals surface area contributed by atoms with Crippen LogP contribution < -0.4 is 0 Å². The van der Waals surface area contributed by atoms with Gasteiger partial charge in [-0.3, -0.25) is 4.79 Å². The first-order valence-electron chi connectivity index (χ1n) is 5.47. The molecular formula is C14H9BrOS2. The van der Waals surface area contributed by atoms with Crippen molar-refractivity contribution in [1.82, 2.24) is 0 Å². The first-order chi connectivity index (χ1) is 8.72. The second-order valence-electron chi connectivity index (χ2n) is 3.98. The molecule has 0 fully saturated rings. The third kappa shape index (κ3) is 2.41. The van der Waals surface area contributed by atoms with E-state index in [1.54, 1.807) is 22.7 Å². The van der Waals surface area contributed by atoms with Gasteiger partial charge in [-0.15, -0.1) is 22.7 Å². The summed E-state index contributed by atoms with van der Waals surface area (Å²) in [6, 6.07) is 12.1. The molecule has 0 spiro atoms. The molecule has 0 aliphatic heterocycles. The lowest BCUT2D eigenvalue weighted by Gasteiger charge is -1.93. The molecule has 1 aromatic carbocycles. The fourth-order valence-corrected chi connectivity index (χ4v) is 4.26. The molecule has 4 heteroatoms. The number of carbonyl (C=O) groups excluding carboxylic acids is 1. The molecule has 18 heavy (non-hydrogen) atoms. The van der Waals surface area contributed by atoms with Crippen molar-refractivity contribution in [2.24, 2.45) is 0 Å². The number of halogens is 1. The van der Waals surface area contributed by atoms with E-state index in [1.165, 1.54) is 4.70 Å². The van der Waals surface area contributed by atoms with Crippen LogP contribution in [0.4, 0.5) is 0 Å². The van der Waals surface area contributed by atoms with Crippen LogP contribution in [0.2, 0.25) is 0 Å². The number of rotatable bonds is 3. The molecule has 2 aromatic heterocycles. The largest absolute Gasteiger partial charge is 0.293 e. The lowest BCUT2D eigenvalue weighted by molar-refractivity contribution is 0.0997. The molecule has 0 amide bonds. The molecule has 0 bridgehead atoms. The monoisotopic (exact) mass is 336 g/mol. The Balaban J connectivity index is 1.87. The Kier molecular flexibility index (Phi) is 3.33. The zero-order valence-corrected chi connectivity index (χ0v) is 12.6. The summed E-state index contributed by atoms with van der Waals surface area (Å²) in [6.07, 6.45) is 0.489. The molecule has 0 atom stereocenters. The van der Waals surface area contributed by atoms with Crippen LogP contribution in [0.15, 0.2) is 46.3 Å². The molecule has 0 saturated carbocycles. The van der Waals surface area contributed by atoms with E-state index < -0.39 is 0 Å². The van der Waals surface area contributed by atoms with Crippen LogP contribution >= 0.6 is 38.6 Å². The third-order valence-electron chi connectivity index (χ3n) is 2.66. The van der Waals surface area contributed by atoms with Crippen molar-refractivity contribution in [3.8, 4) is 0 Å². The van der Waals surface area contributed by atoms with Gasteiger partial charge in [0, 0.05) is 25.9 Å². The zero-order valence-electron chi connectivity index (χ0n) is 9.35. The lowest BCUT2D eigenvalue weighted by Crippen LogP contribution is -1.98. The minimum atomic E-state index is 0.200. The van der Waals surface area contributed by atoms with Gasteiger partial charge in [-0.1, -0.05) is 18.2 Å². The van der Waals surface area contributed by atoms with E-state index >= 15 is 0 Å². The fraction of sp³-hybridized carbons (Fsp3) is 0.0714. The number of hydrogen-bond donors (Lipinski definition) is 0. The van der Waals surface area contributed by atoms with Gasteiger partial charge in [-0.05, 0) is 39.5 Å². The molecule has 0 aliphatic carbocycles. The van der Waals surface area contributed by atoms with Gasteiger partial charge < -0.3 is 0 Å². The zero-order chi connectivity index (χ0) is 12.5. The van der Waals surface area contributed by atoms with Crippen molar-refractivity contribution in [3.05, 3.63) is 56.0 Å². The lowest BCUT2D eigenvalue weighted by atomic mass is 10.2. The number of thiophene rings is 2. The van der Waals surface area contributed by atoms with Crippen LogP contribution in [0.5, 0.6) is 0 Å². The normalized spacial score (nSPS) is 10.9. The van der Waals surface area contributed by atoms with Crippen LogP contribution in [0.3, 0.4) is 0 Å². The molecular weight excluding hydrogens is 328 g/mol. The van der Waals surface area contributed by atoms with E-state index in [2.05, 4.69) is 22.0 Å². The topological polar surface area (TPSA) is 17.1 Å². The smallest absolute Gasteiger partial charge is 0.178 e. The number of hydrogen-bond acceptors (Lipinski definition) is 3. The minimum absolute atomic E-state index is 0.200. The van der Waals surface area contributed by atoms with E-state index in [1.807, 2.05) is 35.7 Å². The van der Waals surface area contributed by atoms with E-state index in [0.29, 0.717) is 6.42 Å². The van der Waals surface area contributed by atoms with Crippen LogP contribution in [-0.2, 0) is 6.42 Å². The molecule has 1 nitrogen and oxygen atoms in total. The summed E-state index contributed by atoms with van der Waals surface area (Å²) < 4.78 is 2.22. The second kappa shape index (κ2) is 4.96.